The highest BCUT2D eigenvalue weighted by Gasteiger charge is 2.16. The summed E-state index contributed by atoms with van der Waals surface area (Å²) < 4.78 is 10.4. The van der Waals surface area contributed by atoms with Gasteiger partial charge in [-0.2, -0.15) is 0 Å². The van der Waals surface area contributed by atoms with Crippen molar-refractivity contribution in [2.24, 2.45) is 0 Å². The van der Waals surface area contributed by atoms with E-state index in [9.17, 15) is 0 Å². The maximum atomic E-state index is 5.23. The molecule has 0 bridgehead atoms. The van der Waals surface area contributed by atoms with Crippen molar-refractivity contribution in [3.05, 3.63) is 41.5 Å². The second-order valence-corrected chi connectivity index (χ2v) is 6.48. The predicted molar refractivity (Wildman–Crippen MR) is 98.5 cm³/mol. The lowest BCUT2D eigenvalue weighted by Crippen LogP contribution is -2.22. The average molecular weight is 343 g/mol. The first-order valence-electron chi connectivity index (χ1n) is 7.81. The smallest absolute Gasteiger partial charge is 0.158 e. The highest BCUT2D eigenvalue weighted by Crippen LogP contribution is 2.37. The summed E-state index contributed by atoms with van der Waals surface area (Å²) in [6.07, 6.45) is 0. The minimum Gasteiger partial charge on any atom is -0.383 e. The van der Waals surface area contributed by atoms with Gasteiger partial charge in [0, 0.05) is 31.2 Å². The third kappa shape index (κ3) is 3.56. The van der Waals surface area contributed by atoms with E-state index in [1.165, 1.54) is 0 Å². The number of nitrogens with zero attached hydrogens (tertiary/aromatic N) is 2. The molecular formula is C18H21N3O2S. The van der Waals surface area contributed by atoms with E-state index in [1.807, 2.05) is 18.2 Å². The normalized spacial score (nSPS) is 12.5. The molecule has 0 saturated heterocycles. The van der Waals surface area contributed by atoms with E-state index in [0.29, 0.717) is 19.0 Å². The number of aromatic nitrogens is 2. The molecule has 1 atom stereocenters. The molecule has 0 saturated carbocycles. The standard InChI is InChI=1S/C18H21N3O2S/c1-12(9-22-2)19-17-16-14(13-7-5-4-6-8-13)11-24-18(16)21-15(20-17)10-23-3/h4-8,11-12H,9-10H2,1-3H3,(H,19,20,21). The van der Waals surface area contributed by atoms with Crippen molar-refractivity contribution in [1.29, 1.82) is 0 Å². The molecule has 3 aromatic rings. The van der Waals surface area contributed by atoms with Gasteiger partial charge in [-0.25, -0.2) is 9.97 Å². The van der Waals surface area contributed by atoms with Crippen molar-refractivity contribution in [2.45, 2.75) is 19.6 Å². The van der Waals surface area contributed by atoms with Gasteiger partial charge in [0.1, 0.15) is 17.3 Å². The summed E-state index contributed by atoms with van der Waals surface area (Å²) in [5.41, 5.74) is 2.31. The number of rotatable bonds is 7. The van der Waals surface area contributed by atoms with Crippen molar-refractivity contribution in [3.8, 4) is 11.1 Å². The molecule has 6 heteroatoms. The van der Waals surface area contributed by atoms with Crippen LogP contribution in [0.3, 0.4) is 0 Å². The molecule has 3 rings (SSSR count). The molecule has 24 heavy (non-hydrogen) atoms. The third-order valence-electron chi connectivity index (χ3n) is 3.64. The van der Waals surface area contributed by atoms with Gasteiger partial charge >= 0.3 is 0 Å². The highest BCUT2D eigenvalue weighted by molar-refractivity contribution is 7.17. The summed E-state index contributed by atoms with van der Waals surface area (Å²) >= 11 is 1.63. The summed E-state index contributed by atoms with van der Waals surface area (Å²) in [6.45, 7) is 3.07. The lowest BCUT2D eigenvalue weighted by atomic mass is 10.1. The number of benzene rings is 1. The van der Waals surface area contributed by atoms with Crippen LogP contribution in [0.25, 0.3) is 21.3 Å². The molecular weight excluding hydrogens is 322 g/mol. The Labute approximate surface area is 145 Å². The quantitative estimate of drug-likeness (QED) is 0.704. The minimum atomic E-state index is 0.145. The zero-order valence-electron chi connectivity index (χ0n) is 14.1. The topological polar surface area (TPSA) is 56.3 Å². The van der Waals surface area contributed by atoms with Crippen LogP contribution in [0.5, 0.6) is 0 Å². The highest BCUT2D eigenvalue weighted by atomic mass is 32.1. The van der Waals surface area contributed by atoms with Gasteiger partial charge in [0.2, 0.25) is 0 Å². The number of nitrogens with one attached hydrogen (secondary N) is 1. The maximum absolute atomic E-state index is 5.23. The van der Waals surface area contributed by atoms with E-state index in [-0.39, 0.29) is 6.04 Å². The van der Waals surface area contributed by atoms with Crippen LogP contribution in [0.1, 0.15) is 12.7 Å². The number of thiophene rings is 1. The van der Waals surface area contributed by atoms with E-state index >= 15 is 0 Å². The van der Waals surface area contributed by atoms with Gasteiger partial charge in [-0.15, -0.1) is 11.3 Å². The van der Waals surface area contributed by atoms with Crippen LogP contribution in [0.2, 0.25) is 0 Å². The van der Waals surface area contributed by atoms with Crippen LogP contribution < -0.4 is 5.32 Å². The predicted octanol–water partition coefficient (Wildman–Crippen LogP) is 3.95. The van der Waals surface area contributed by atoms with Gasteiger partial charge in [-0.1, -0.05) is 30.3 Å². The fourth-order valence-corrected chi connectivity index (χ4v) is 3.61. The molecule has 1 aromatic carbocycles. The van der Waals surface area contributed by atoms with E-state index in [4.69, 9.17) is 9.47 Å². The molecule has 0 fully saturated rings. The van der Waals surface area contributed by atoms with Crippen molar-refractivity contribution >= 4 is 27.4 Å². The number of anilines is 1. The number of hydrogen-bond acceptors (Lipinski definition) is 6. The third-order valence-corrected chi connectivity index (χ3v) is 4.51. The molecule has 0 aliphatic heterocycles. The van der Waals surface area contributed by atoms with E-state index < -0.39 is 0 Å². The lowest BCUT2D eigenvalue weighted by molar-refractivity contribution is 0.178. The van der Waals surface area contributed by atoms with Crippen molar-refractivity contribution in [2.75, 3.05) is 26.1 Å². The Hall–Kier alpha value is -2.02. The number of fused-ring (bicyclic) bond motifs is 1. The molecule has 1 N–H and O–H groups in total. The number of methoxy groups -OCH3 is 2. The van der Waals surface area contributed by atoms with E-state index in [2.05, 4.69) is 39.7 Å². The second-order valence-electron chi connectivity index (χ2n) is 5.62. The Balaban J connectivity index is 2.11. The Morgan fingerprint density at radius 3 is 2.62 bits per heavy atom. The summed E-state index contributed by atoms with van der Waals surface area (Å²) in [6, 6.07) is 10.5. The van der Waals surface area contributed by atoms with Crippen molar-refractivity contribution in [3.63, 3.8) is 0 Å². The van der Waals surface area contributed by atoms with Crippen LogP contribution in [0.4, 0.5) is 5.82 Å². The van der Waals surface area contributed by atoms with Gasteiger partial charge in [0.05, 0.1) is 12.0 Å². The molecule has 0 radical (unpaired) electrons. The average Bonchev–Trinajstić information content (AvgIpc) is 3.00. The van der Waals surface area contributed by atoms with Gasteiger partial charge in [0.25, 0.3) is 0 Å². The zero-order valence-corrected chi connectivity index (χ0v) is 14.9. The summed E-state index contributed by atoms with van der Waals surface area (Å²) in [7, 11) is 3.35. The fourth-order valence-electron chi connectivity index (χ4n) is 2.64. The first kappa shape index (κ1) is 16.8. The molecule has 0 aliphatic rings. The van der Waals surface area contributed by atoms with Gasteiger partial charge in [0.15, 0.2) is 5.82 Å². The number of hydrogen-bond donors (Lipinski definition) is 1. The van der Waals surface area contributed by atoms with Crippen LogP contribution in [0.15, 0.2) is 35.7 Å². The Bertz CT molecular complexity index is 805. The lowest BCUT2D eigenvalue weighted by Gasteiger charge is -2.15. The SMILES string of the molecule is COCc1nc(NC(C)COC)c2c(-c3ccccc3)csc2n1. The summed E-state index contributed by atoms with van der Waals surface area (Å²) in [4.78, 5) is 10.3. The van der Waals surface area contributed by atoms with Crippen molar-refractivity contribution in [1.82, 2.24) is 9.97 Å². The van der Waals surface area contributed by atoms with E-state index in [0.717, 1.165) is 27.2 Å². The number of ether oxygens (including phenoxy) is 2. The Morgan fingerprint density at radius 2 is 1.92 bits per heavy atom. The minimum absolute atomic E-state index is 0.145. The molecule has 1 unspecified atom stereocenters. The fraction of sp³-hybridized carbons (Fsp3) is 0.333. The molecule has 126 valence electrons. The maximum Gasteiger partial charge on any atom is 0.158 e. The second kappa shape index (κ2) is 7.70. The molecule has 2 heterocycles. The molecule has 0 spiro atoms. The van der Waals surface area contributed by atoms with Crippen molar-refractivity contribution < 1.29 is 9.47 Å². The largest absolute Gasteiger partial charge is 0.383 e. The Morgan fingerprint density at radius 1 is 1.12 bits per heavy atom. The monoisotopic (exact) mass is 343 g/mol. The van der Waals surface area contributed by atoms with Gasteiger partial charge in [-0.3, -0.25) is 0 Å². The van der Waals surface area contributed by atoms with E-state index in [1.54, 1.807) is 25.6 Å². The van der Waals surface area contributed by atoms with Crippen LogP contribution >= 0.6 is 11.3 Å². The molecule has 2 aromatic heterocycles. The molecule has 5 nitrogen and oxygen atoms in total. The zero-order chi connectivity index (χ0) is 16.9. The first-order valence-corrected chi connectivity index (χ1v) is 8.68. The summed E-state index contributed by atoms with van der Waals surface area (Å²) in [5, 5.41) is 6.64. The van der Waals surface area contributed by atoms with Crippen LogP contribution in [-0.4, -0.2) is 36.8 Å². The summed E-state index contributed by atoms with van der Waals surface area (Å²) in [5.74, 6) is 1.51. The van der Waals surface area contributed by atoms with Gasteiger partial charge in [-0.05, 0) is 12.5 Å². The molecule has 0 amide bonds. The van der Waals surface area contributed by atoms with Crippen LogP contribution in [-0.2, 0) is 16.1 Å². The Kier molecular flexibility index (Phi) is 5.40. The van der Waals surface area contributed by atoms with Crippen LogP contribution in [0, 0.1) is 0 Å². The first-order chi connectivity index (χ1) is 11.7. The molecule has 0 aliphatic carbocycles. The van der Waals surface area contributed by atoms with Gasteiger partial charge < -0.3 is 14.8 Å².